The fourth-order valence-corrected chi connectivity index (χ4v) is 3.51. The predicted octanol–water partition coefficient (Wildman–Crippen LogP) is 2.00. The van der Waals surface area contributed by atoms with E-state index in [0.29, 0.717) is 13.0 Å². The van der Waals surface area contributed by atoms with Crippen LogP contribution in [0.1, 0.15) is 32.0 Å². The van der Waals surface area contributed by atoms with Crippen LogP contribution in [0.25, 0.3) is 22.1 Å². The lowest BCUT2D eigenvalue weighted by molar-refractivity contribution is 0.581. The first-order chi connectivity index (χ1) is 11.5. The summed E-state index contributed by atoms with van der Waals surface area (Å²) in [5, 5.41) is 5.07. The number of hydrogen-bond donors (Lipinski definition) is 1. The Morgan fingerprint density at radius 1 is 1.21 bits per heavy atom. The third kappa shape index (κ3) is 3.54. The zero-order valence-corrected chi connectivity index (χ0v) is 14.5. The van der Waals surface area contributed by atoms with E-state index in [0.717, 1.165) is 47.2 Å². The molecule has 0 atom stereocenters. The number of primary sulfonamides is 1. The zero-order chi connectivity index (χ0) is 17.2. The van der Waals surface area contributed by atoms with E-state index in [4.69, 9.17) is 10.1 Å². The molecule has 0 radical (unpaired) electrons. The van der Waals surface area contributed by atoms with Crippen LogP contribution in [0, 0.1) is 0 Å². The number of aromatic nitrogens is 4. The molecule has 8 heteroatoms. The van der Waals surface area contributed by atoms with Gasteiger partial charge in [-0.25, -0.2) is 18.5 Å². The van der Waals surface area contributed by atoms with Gasteiger partial charge in [0.2, 0.25) is 10.0 Å². The maximum atomic E-state index is 11.1. The highest BCUT2D eigenvalue weighted by Crippen LogP contribution is 2.24. The SMILES string of the molecule is CCCc1nc2cnc3cccnc3c2n1CCCCS(N)(=O)=O. The van der Waals surface area contributed by atoms with E-state index >= 15 is 0 Å². The smallest absolute Gasteiger partial charge is 0.209 e. The van der Waals surface area contributed by atoms with Gasteiger partial charge in [-0.2, -0.15) is 0 Å². The number of nitrogens with two attached hydrogens (primary N) is 1. The Bertz CT molecular complexity index is 965. The Labute approximate surface area is 141 Å². The molecule has 3 heterocycles. The highest BCUT2D eigenvalue weighted by molar-refractivity contribution is 7.89. The Hall–Kier alpha value is -2.06. The Morgan fingerprint density at radius 2 is 2.04 bits per heavy atom. The van der Waals surface area contributed by atoms with E-state index in [1.807, 2.05) is 12.1 Å². The predicted molar refractivity (Wildman–Crippen MR) is 94.0 cm³/mol. The van der Waals surface area contributed by atoms with Gasteiger partial charge in [-0.1, -0.05) is 6.92 Å². The van der Waals surface area contributed by atoms with Gasteiger partial charge in [-0.15, -0.1) is 0 Å². The number of rotatable bonds is 7. The summed E-state index contributed by atoms with van der Waals surface area (Å²) in [4.78, 5) is 13.6. The summed E-state index contributed by atoms with van der Waals surface area (Å²) >= 11 is 0. The van der Waals surface area contributed by atoms with Crippen LogP contribution < -0.4 is 5.14 Å². The Balaban J connectivity index is 1.99. The average Bonchev–Trinajstić information content (AvgIpc) is 2.89. The molecule has 0 bridgehead atoms. The monoisotopic (exact) mass is 347 g/mol. The van der Waals surface area contributed by atoms with Crippen molar-refractivity contribution in [2.45, 2.75) is 39.2 Å². The van der Waals surface area contributed by atoms with E-state index in [9.17, 15) is 8.42 Å². The van der Waals surface area contributed by atoms with Crippen LogP contribution in [0.15, 0.2) is 24.5 Å². The van der Waals surface area contributed by atoms with Gasteiger partial charge in [0.1, 0.15) is 16.9 Å². The number of hydrogen-bond acceptors (Lipinski definition) is 5. The van der Waals surface area contributed by atoms with Crippen LogP contribution >= 0.6 is 0 Å². The van der Waals surface area contributed by atoms with Gasteiger partial charge in [0, 0.05) is 19.2 Å². The van der Waals surface area contributed by atoms with Crippen molar-refractivity contribution in [1.82, 2.24) is 19.5 Å². The number of imidazole rings is 1. The first kappa shape index (κ1) is 16.8. The molecule has 2 N–H and O–H groups in total. The molecule has 0 fully saturated rings. The first-order valence-electron chi connectivity index (χ1n) is 8.09. The van der Waals surface area contributed by atoms with Crippen molar-refractivity contribution in [3.05, 3.63) is 30.4 Å². The molecule has 0 aliphatic rings. The number of unbranched alkanes of at least 4 members (excludes halogenated alkanes) is 1. The summed E-state index contributed by atoms with van der Waals surface area (Å²) in [6, 6.07) is 3.79. The molecule has 0 aliphatic carbocycles. The molecule has 7 nitrogen and oxygen atoms in total. The molecule has 0 amide bonds. The van der Waals surface area contributed by atoms with Crippen LogP contribution in [0.4, 0.5) is 0 Å². The maximum absolute atomic E-state index is 11.1. The van der Waals surface area contributed by atoms with Crippen LogP contribution in [0.3, 0.4) is 0 Å². The van der Waals surface area contributed by atoms with Crippen LogP contribution in [0.2, 0.25) is 0 Å². The fraction of sp³-hybridized carbons (Fsp3) is 0.438. The molecule has 0 saturated heterocycles. The second kappa shape index (κ2) is 6.82. The minimum Gasteiger partial charge on any atom is -0.326 e. The summed E-state index contributed by atoms with van der Waals surface area (Å²) in [5.41, 5.74) is 3.46. The maximum Gasteiger partial charge on any atom is 0.209 e. The van der Waals surface area contributed by atoms with Crippen molar-refractivity contribution < 1.29 is 8.42 Å². The van der Waals surface area contributed by atoms with Gasteiger partial charge < -0.3 is 4.57 Å². The minimum atomic E-state index is -3.41. The number of aryl methyl sites for hydroxylation is 2. The van der Waals surface area contributed by atoms with Gasteiger partial charge in [0.15, 0.2) is 0 Å². The van der Waals surface area contributed by atoms with E-state index in [1.54, 1.807) is 12.4 Å². The molecule has 0 unspecified atom stereocenters. The van der Waals surface area contributed by atoms with Crippen molar-refractivity contribution in [3.63, 3.8) is 0 Å². The normalized spacial score (nSPS) is 12.2. The van der Waals surface area contributed by atoms with Crippen molar-refractivity contribution in [1.29, 1.82) is 0 Å². The quantitative estimate of drug-likeness (QED) is 0.658. The van der Waals surface area contributed by atoms with E-state index in [-0.39, 0.29) is 5.75 Å². The van der Waals surface area contributed by atoms with Gasteiger partial charge in [-0.05, 0) is 31.4 Å². The van der Waals surface area contributed by atoms with Crippen LogP contribution in [-0.2, 0) is 23.0 Å². The van der Waals surface area contributed by atoms with Gasteiger partial charge in [0.05, 0.1) is 23.0 Å². The molecule has 3 rings (SSSR count). The number of fused-ring (bicyclic) bond motifs is 3. The van der Waals surface area contributed by atoms with E-state index in [1.165, 1.54) is 0 Å². The van der Waals surface area contributed by atoms with Crippen molar-refractivity contribution in [2.75, 3.05) is 5.75 Å². The third-order valence-corrected chi connectivity index (χ3v) is 4.80. The molecule has 0 aliphatic heterocycles. The molecule has 24 heavy (non-hydrogen) atoms. The summed E-state index contributed by atoms with van der Waals surface area (Å²) in [6.07, 6.45) is 6.62. The lowest BCUT2D eigenvalue weighted by atomic mass is 10.2. The fourth-order valence-electron chi connectivity index (χ4n) is 2.90. The van der Waals surface area contributed by atoms with Crippen molar-refractivity contribution in [3.8, 4) is 0 Å². The van der Waals surface area contributed by atoms with Crippen LogP contribution in [0.5, 0.6) is 0 Å². The molecule has 128 valence electrons. The molecule has 0 spiro atoms. The minimum absolute atomic E-state index is 0.00327. The highest BCUT2D eigenvalue weighted by atomic mass is 32.2. The second-order valence-corrected chi connectivity index (χ2v) is 7.60. The van der Waals surface area contributed by atoms with Gasteiger partial charge in [-0.3, -0.25) is 9.97 Å². The van der Waals surface area contributed by atoms with E-state index < -0.39 is 10.0 Å². The second-order valence-electron chi connectivity index (χ2n) is 5.87. The highest BCUT2D eigenvalue weighted by Gasteiger charge is 2.14. The average molecular weight is 347 g/mol. The Kier molecular flexibility index (Phi) is 4.77. The number of sulfonamides is 1. The summed E-state index contributed by atoms with van der Waals surface area (Å²) in [6.45, 7) is 2.80. The van der Waals surface area contributed by atoms with Gasteiger partial charge >= 0.3 is 0 Å². The standard InChI is InChI=1S/C16H21N5O2S/c1-2-6-14-20-13-11-19-12-7-5-8-18-15(12)16(13)21(14)9-3-4-10-24(17,22)23/h5,7-8,11H,2-4,6,9-10H2,1H3,(H2,17,22,23). The number of pyridine rings is 2. The molecular weight excluding hydrogens is 326 g/mol. The van der Waals surface area contributed by atoms with E-state index in [2.05, 4.69) is 21.5 Å². The lowest BCUT2D eigenvalue weighted by Crippen LogP contribution is -2.17. The summed E-state index contributed by atoms with van der Waals surface area (Å²) in [5.74, 6) is 0.992. The first-order valence-corrected chi connectivity index (χ1v) is 9.80. The number of nitrogens with zero attached hydrogens (tertiary/aromatic N) is 4. The van der Waals surface area contributed by atoms with Crippen molar-refractivity contribution >= 4 is 32.1 Å². The van der Waals surface area contributed by atoms with Crippen molar-refractivity contribution in [2.24, 2.45) is 5.14 Å². The Morgan fingerprint density at radius 3 is 2.79 bits per heavy atom. The summed E-state index contributed by atoms with van der Waals surface area (Å²) in [7, 11) is -3.41. The third-order valence-electron chi connectivity index (χ3n) is 3.94. The summed E-state index contributed by atoms with van der Waals surface area (Å²) < 4.78 is 24.3. The molecule has 0 aromatic carbocycles. The topological polar surface area (TPSA) is 104 Å². The van der Waals surface area contributed by atoms with Gasteiger partial charge in [0.25, 0.3) is 0 Å². The molecule has 3 aromatic heterocycles. The lowest BCUT2D eigenvalue weighted by Gasteiger charge is -2.09. The largest absolute Gasteiger partial charge is 0.326 e. The molecule has 3 aromatic rings. The molecule has 0 saturated carbocycles. The zero-order valence-electron chi connectivity index (χ0n) is 13.6. The molecular formula is C16H21N5O2S. The van der Waals surface area contributed by atoms with Crippen LogP contribution in [-0.4, -0.2) is 33.7 Å².